The van der Waals surface area contributed by atoms with Gasteiger partial charge in [-0.15, -0.1) is 0 Å². The fourth-order valence-corrected chi connectivity index (χ4v) is 2.79. The number of hydrogen-bond donors (Lipinski definition) is 1. The topological polar surface area (TPSA) is 74.4 Å². The zero-order chi connectivity index (χ0) is 17.3. The number of nitrogens with zero attached hydrogens (tertiary/aromatic N) is 1. The first kappa shape index (κ1) is 16.3. The molecule has 2 N–H and O–H groups in total. The van der Waals surface area contributed by atoms with Gasteiger partial charge in [0, 0.05) is 24.3 Å². The SMILES string of the molecule is COC[C@@H]1CCc2c(-c3ccc(F)cc3F)cc(C(N)=O)nc2O1. The number of ether oxygens (including phenoxy) is 2. The summed E-state index contributed by atoms with van der Waals surface area (Å²) >= 11 is 0. The number of benzene rings is 1. The molecule has 1 atom stereocenters. The van der Waals surface area contributed by atoms with Crippen LogP contribution in [-0.4, -0.2) is 30.7 Å². The summed E-state index contributed by atoms with van der Waals surface area (Å²) < 4.78 is 38.2. The zero-order valence-corrected chi connectivity index (χ0v) is 13.0. The Morgan fingerprint density at radius 2 is 2.17 bits per heavy atom. The van der Waals surface area contributed by atoms with Crippen LogP contribution in [0.15, 0.2) is 24.3 Å². The molecular weight excluding hydrogens is 318 g/mol. The number of carbonyl (C=O) groups excluding carboxylic acids is 1. The molecule has 5 nitrogen and oxygen atoms in total. The van der Waals surface area contributed by atoms with Gasteiger partial charge in [-0.2, -0.15) is 0 Å². The van der Waals surface area contributed by atoms with Gasteiger partial charge in [0.1, 0.15) is 23.4 Å². The number of methoxy groups -OCH3 is 1. The van der Waals surface area contributed by atoms with Crippen molar-refractivity contribution in [3.63, 3.8) is 0 Å². The summed E-state index contributed by atoms with van der Waals surface area (Å²) in [5.74, 6) is -1.92. The molecule has 0 aliphatic carbocycles. The summed E-state index contributed by atoms with van der Waals surface area (Å²) in [6, 6.07) is 4.69. The molecule has 0 saturated carbocycles. The number of fused-ring (bicyclic) bond motifs is 1. The van der Waals surface area contributed by atoms with Gasteiger partial charge in [0.25, 0.3) is 5.91 Å². The maximum Gasteiger partial charge on any atom is 0.267 e. The molecule has 24 heavy (non-hydrogen) atoms. The largest absolute Gasteiger partial charge is 0.472 e. The van der Waals surface area contributed by atoms with E-state index in [-0.39, 0.29) is 23.2 Å². The van der Waals surface area contributed by atoms with Crippen molar-refractivity contribution in [2.24, 2.45) is 5.73 Å². The minimum Gasteiger partial charge on any atom is -0.472 e. The lowest BCUT2D eigenvalue weighted by Crippen LogP contribution is -2.29. The molecule has 2 heterocycles. The Morgan fingerprint density at radius 3 is 2.83 bits per heavy atom. The Balaban J connectivity index is 2.13. The Morgan fingerprint density at radius 1 is 1.38 bits per heavy atom. The molecule has 1 aromatic heterocycles. The molecule has 1 amide bonds. The maximum absolute atomic E-state index is 14.2. The van der Waals surface area contributed by atoms with Gasteiger partial charge in [0.15, 0.2) is 0 Å². The first-order valence-electron chi connectivity index (χ1n) is 7.44. The number of halogens is 2. The number of primary amides is 1. The van der Waals surface area contributed by atoms with E-state index in [4.69, 9.17) is 15.2 Å². The van der Waals surface area contributed by atoms with Gasteiger partial charge in [-0.3, -0.25) is 4.79 Å². The smallest absolute Gasteiger partial charge is 0.267 e. The Bertz CT molecular complexity index is 796. The van der Waals surface area contributed by atoms with Gasteiger partial charge in [0.05, 0.1) is 6.61 Å². The third-order valence-corrected chi connectivity index (χ3v) is 3.91. The summed E-state index contributed by atoms with van der Waals surface area (Å²) in [5.41, 5.74) is 6.55. The standard InChI is InChI=1S/C17H16F2N2O3/c1-23-8-10-3-5-12-13(11-4-2-9(18)6-14(11)19)7-15(16(20)22)21-17(12)24-10/h2,4,6-7,10H,3,5,8H2,1H3,(H2,20,22)/t10-/m0/s1. The number of rotatable bonds is 4. The highest BCUT2D eigenvalue weighted by atomic mass is 19.1. The molecule has 0 bridgehead atoms. The van der Waals surface area contributed by atoms with E-state index in [1.54, 1.807) is 7.11 Å². The molecule has 2 aromatic rings. The summed E-state index contributed by atoms with van der Waals surface area (Å²) in [5, 5.41) is 0. The lowest BCUT2D eigenvalue weighted by atomic mass is 9.94. The van der Waals surface area contributed by atoms with Gasteiger partial charge >= 0.3 is 0 Å². The molecule has 126 valence electrons. The number of pyridine rings is 1. The van der Waals surface area contributed by atoms with Gasteiger partial charge in [0.2, 0.25) is 5.88 Å². The predicted octanol–water partition coefficient (Wildman–Crippen LogP) is 2.47. The van der Waals surface area contributed by atoms with Crippen LogP contribution in [0, 0.1) is 11.6 Å². The molecule has 1 aromatic carbocycles. The van der Waals surface area contributed by atoms with Gasteiger partial charge in [-0.05, 0) is 36.6 Å². The van der Waals surface area contributed by atoms with Crippen LogP contribution in [0.2, 0.25) is 0 Å². The van der Waals surface area contributed by atoms with E-state index in [2.05, 4.69) is 4.98 Å². The Kier molecular flexibility index (Phi) is 4.44. The molecule has 0 fully saturated rings. The van der Waals surface area contributed by atoms with Gasteiger partial charge in [-0.25, -0.2) is 13.8 Å². The highest BCUT2D eigenvalue weighted by Gasteiger charge is 2.26. The van der Waals surface area contributed by atoms with Crippen molar-refractivity contribution < 1.29 is 23.0 Å². The van der Waals surface area contributed by atoms with Crippen LogP contribution in [0.25, 0.3) is 11.1 Å². The number of nitrogens with two attached hydrogens (primary N) is 1. The third-order valence-electron chi connectivity index (χ3n) is 3.91. The first-order chi connectivity index (χ1) is 11.5. The van der Waals surface area contributed by atoms with E-state index < -0.39 is 17.5 Å². The summed E-state index contributed by atoms with van der Waals surface area (Å²) in [7, 11) is 1.56. The second kappa shape index (κ2) is 6.52. The van der Waals surface area contributed by atoms with Gasteiger partial charge < -0.3 is 15.2 Å². The fraction of sp³-hybridized carbons (Fsp3) is 0.294. The second-order valence-corrected chi connectivity index (χ2v) is 5.56. The maximum atomic E-state index is 14.2. The van der Waals surface area contributed by atoms with Crippen molar-refractivity contribution in [3.05, 3.63) is 47.2 Å². The highest BCUT2D eigenvalue weighted by Crippen LogP contribution is 2.36. The van der Waals surface area contributed by atoms with E-state index in [9.17, 15) is 13.6 Å². The summed E-state index contributed by atoms with van der Waals surface area (Å²) in [4.78, 5) is 15.7. The molecule has 0 radical (unpaired) electrons. The van der Waals surface area contributed by atoms with E-state index in [0.29, 0.717) is 30.6 Å². The number of hydrogen-bond acceptors (Lipinski definition) is 4. The number of carbonyl (C=O) groups is 1. The van der Waals surface area contributed by atoms with Crippen molar-refractivity contribution in [1.29, 1.82) is 0 Å². The van der Waals surface area contributed by atoms with Crippen LogP contribution < -0.4 is 10.5 Å². The Hall–Kier alpha value is -2.54. The van der Waals surface area contributed by atoms with Crippen LogP contribution >= 0.6 is 0 Å². The van der Waals surface area contributed by atoms with Gasteiger partial charge in [-0.1, -0.05) is 0 Å². The quantitative estimate of drug-likeness (QED) is 0.932. The van der Waals surface area contributed by atoms with Crippen LogP contribution in [0.1, 0.15) is 22.5 Å². The summed E-state index contributed by atoms with van der Waals surface area (Å²) in [6.45, 7) is 0.377. The number of aromatic nitrogens is 1. The van der Waals surface area contributed by atoms with Crippen molar-refractivity contribution in [3.8, 4) is 17.0 Å². The minimum absolute atomic E-state index is 0.0365. The molecule has 0 spiro atoms. The van der Waals surface area contributed by atoms with E-state index in [0.717, 1.165) is 12.1 Å². The van der Waals surface area contributed by atoms with Crippen LogP contribution in [-0.2, 0) is 11.2 Å². The first-order valence-corrected chi connectivity index (χ1v) is 7.44. The summed E-state index contributed by atoms with van der Waals surface area (Å²) in [6.07, 6.45) is 1.03. The van der Waals surface area contributed by atoms with Crippen molar-refractivity contribution >= 4 is 5.91 Å². The van der Waals surface area contributed by atoms with Crippen LogP contribution in [0.3, 0.4) is 0 Å². The lowest BCUT2D eigenvalue weighted by Gasteiger charge is -2.26. The highest BCUT2D eigenvalue weighted by molar-refractivity contribution is 5.93. The molecule has 0 unspecified atom stereocenters. The van der Waals surface area contributed by atoms with Crippen LogP contribution in [0.4, 0.5) is 8.78 Å². The second-order valence-electron chi connectivity index (χ2n) is 5.56. The average molecular weight is 334 g/mol. The van der Waals surface area contributed by atoms with E-state index >= 15 is 0 Å². The van der Waals surface area contributed by atoms with Crippen molar-refractivity contribution in [2.45, 2.75) is 18.9 Å². The van der Waals surface area contributed by atoms with Crippen molar-refractivity contribution in [2.75, 3.05) is 13.7 Å². The molecule has 1 aliphatic rings. The molecular formula is C17H16F2N2O3. The zero-order valence-electron chi connectivity index (χ0n) is 13.0. The molecule has 7 heteroatoms. The van der Waals surface area contributed by atoms with Crippen LogP contribution in [0.5, 0.6) is 5.88 Å². The molecule has 1 aliphatic heterocycles. The average Bonchev–Trinajstić information content (AvgIpc) is 2.54. The third kappa shape index (κ3) is 3.07. The predicted molar refractivity (Wildman–Crippen MR) is 82.7 cm³/mol. The fourth-order valence-electron chi connectivity index (χ4n) is 2.79. The monoisotopic (exact) mass is 334 g/mol. The normalized spacial score (nSPS) is 16.4. The molecule has 3 rings (SSSR count). The lowest BCUT2D eigenvalue weighted by molar-refractivity contribution is 0.0639. The molecule has 0 saturated heterocycles. The number of amides is 1. The van der Waals surface area contributed by atoms with E-state index in [1.165, 1.54) is 12.1 Å². The van der Waals surface area contributed by atoms with E-state index in [1.807, 2.05) is 0 Å². The van der Waals surface area contributed by atoms with Crippen molar-refractivity contribution in [1.82, 2.24) is 4.98 Å². The Labute approximate surface area is 137 Å². The minimum atomic E-state index is -0.751.